The lowest BCUT2D eigenvalue weighted by molar-refractivity contribution is 0.0803. The van der Waals surface area contributed by atoms with Gasteiger partial charge in [-0.25, -0.2) is 4.39 Å². The number of ether oxygens (including phenoxy) is 1. The Bertz CT molecular complexity index is 440. The summed E-state index contributed by atoms with van der Waals surface area (Å²) in [6.45, 7) is -0.101. The van der Waals surface area contributed by atoms with Crippen LogP contribution in [0.5, 0.6) is 5.75 Å². The number of carbonyl (C=O) groups excluding carboxylic acids is 1. The molecule has 0 saturated carbocycles. The van der Waals surface area contributed by atoms with Crippen LogP contribution in [0, 0.1) is 17.1 Å². The van der Waals surface area contributed by atoms with Gasteiger partial charge >= 0.3 is 0 Å². The summed E-state index contributed by atoms with van der Waals surface area (Å²) in [4.78, 5) is 12.9. The minimum atomic E-state index is -0.658. The average molecular weight is 222 g/mol. The molecule has 0 aliphatic carbocycles. The normalized spacial score (nSPS) is 9.38. The van der Waals surface area contributed by atoms with E-state index in [-0.39, 0.29) is 17.9 Å². The zero-order valence-corrected chi connectivity index (χ0v) is 9.03. The van der Waals surface area contributed by atoms with Crippen molar-refractivity contribution >= 4 is 5.91 Å². The maximum atomic E-state index is 13.5. The average Bonchev–Trinajstić information content (AvgIpc) is 2.28. The van der Waals surface area contributed by atoms with E-state index in [1.807, 2.05) is 6.07 Å². The first-order valence-electron chi connectivity index (χ1n) is 4.56. The van der Waals surface area contributed by atoms with Crippen LogP contribution in [-0.4, -0.2) is 31.5 Å². The van der Waals surface area contributed by atoms with Crippen molar-refractivity contribution in [1.29, 1.82) is 5.26 Å². The van der Waals surface area contributed by atoms with Gasteiger partial charge < -0.3 is 9.64 Å². The fraction of sp³-hybridized carbons (Fsp3) is 0.273. The molecule has 0 saturated heterocycles. The molecule has 4 nitrogen and oxygen atoms in total. The molecule has 5 heteroatoms. The van der Waals surface area contributed by atoms with E-state index >= 15 is 0 Å². The first kappa shape index (κ1) is 12.0. The van der Waals surface area contributed by atoms with Crippen LogP contribution in [0.25, 0.3) is 0 Å². The van der Waals surface area contributed by atoms with Gasteiger partial charge in [0.2, 0.25) is 0 Å². The van der Waals surface area contributed by atoms with Gasteiger partial charge in [0.05, 0.1) is 13.2 Å². The second-order valence-electron chi connectivity index (χ2n) is 3.14. The van der Waals surface area contributed by atoms with Crippen molar-refractivity contribution in [1.82, 2.24) is 4.90 Å². The van der Waals surface area contributed by atoms with Gasteiger partial charge in [-0.1, -0.05) is 6.07 Å². The van der Waals surface area contributed by atoms with Gasteiger partial charge in [0.1, 0.15) is 23.7 Å². The maximum Gasteiger partial charge on any atom is 0.261 e. The van der Waals surface area contributed by atoms with Crippen LogP contribution in [0.4, 0.5) is 4.39 Å². The number of rotatable bonds is 3. The van der Waals surface area contributed by atoms with E-state index in [0.717, 1.165) is 4.90 Å². The largest absolute Gasteiger partial charge is 0.496 e. The summed E-state index contributed by atoms with van der Waals surface area (Å²) in [5.41, 5.74) is -0.150. The third kappa shape index (κ3) is 2.28. The number of hydrogen-bond acceptors (Lipinski definition) is 3. The molecule has 1 amide bonds. The smallest absolute Gasteiger partial charge is 0.261 e. The fourth-order valence-electron chi connectivity index (χ4n) is 1.25. The lowest BCUT2D eigenvalue weighted by Crippen LogP contribution is -2.28. The zero-order valence-electron chi connectivity index (χ0n) is 9.03. The van der Waals surface area contributed by atoms with Gasteiger partial charge in [-0.05, 0) is 12.1 Å². The van der Waals surface area contributed by atoms with Crippen molar-refractivity contribution in [2.45, 2.75) is 0 Å². The van der Waals surface area contributed by atoms with E-state index in [1.165, 1.54) is 32.4 Å². The first-order chi connectivity index (χ1) is 7.61. The number of nitriles is 1. The highest BCUT2D eigenvalue weighted by atomic mass is 19.1. The van der Waals surface area contributed by atoms with Crippen LogP contribution in [-0.2, 0) is 0 Å². The van der Waals surface area contributed by atoms with Gasteiger partial charge in [-0.3, -0.25) is 4.79 Å². The molecule has 1 aromatic rings. The molecule has 0 fully saturated rings. The molecular formula is C11H11FN2O2. The Morgan fingerprint density at radius 1 is 1.62 bits per heavy atom. The molecular weight excluding hydrogens is 211 g/mol. The van der Waals surface area contributed by atoms with Gasteiger partial charge in [-0.15, -0.1) is 0 Å². The molecule has 0 heterocycles. The summed E-state index contributed by atoms with van der Waals surface area (Å²) in [5, 5.41) is 8.46. The second-order valence-corrected chi connectivity index (χ2v) is 3.14. The summed E-state index contributed by atoms with van der Waals surface area (Å²) < 4.78 is 18.4. The molecule has 0 aliphatic heterocycles. The lowest BCUT2D eigenvalue weighted by Gasteiger charge is -2.15. The summed E-state index contributed by atoms with van der Waals surface area (Å²) in [6.07, 6.45) is 0. The van der Waals surface area contributed by atoms with E-state index in [1.54, 1.807) is 0 Å². The molecule has 0 spiro atoms. The van der Waals surface area contributed by atoms with Crippen molar-refractivity contribution in [3.05, 3.63) is 29.6 Å². The quantitative estimate of drug-likeness (QED) is 0.727. The number of nitrogens with zero attached hydrogens (tertiary/aromatic N) is 2. The molecule has 1 rings (SSSR count). The molecule has 1 aromatic carbocycles. The summed E-state index contributed by atoms with van der Waals surface area (Å²) in [5.74, 6) is -1.07. The molecule has 0 N–H and O–H groups in total. The van der Waals surface area contributed by atoms with Gasteiger partial charge in [0.15, 0.2) is 0 Å². The van der Waals surface area contributed by atoms with Crippen LogP contribution >= 0.6 is 0 Å². The Labute approximate surface area is 92.8 Å². The van der Waals surface area contributed by atoms with Crippen LogP contribution in [0.1, 0.15) is 10.4 Å². The molecule has 0 unspecified atom stereocenters. The van der Waals surface area contributed by atoms with Crippen molar-refractivity contribution in [2.75, 3.05) is 20.7 Å². The molecule has 0 aromatic heterocycles. The van der Waals surface area contributed by atoms with Crippen LogP contribution in [0.2, 0.25) is 0 Å². The highest BCUT2D eigenvalue weighted by Gasteiger charge is 2.20. The molecule has 16 heavy (non-hydrogen) atoms. The third-order valence-electron chi connectivity index (χ3n) is 2.06. The number of carbonyl (C=O) groups is 1. The van der Waals surface area contributed by atoms with E-state index in [4.69, 9.17) is 10.00 Å². The van der Waals surface area contributed by atoms with E-state index in [2.05, 4.69) is 0 Å². The minimum absolute atomic E-state index is 0.101. The number of halogens is 1. The Balaban J connectivity index is 3.12. The summed E-state index contributed by atoms with van der Waals surface area (Å²) >= 11 is 0. The summed E-state index contributed by atoms with van der Waals surface area (Å²) in [7, 11) is 2.78. The molecule has 84 valence electrons. The SMILES string of the molecule is COc1cccc(F)c1C(=O)N(C)CC#N. The topological polar surface area (TPSA) is 53.3 Å². The van der Waals surface area contributed by atoms with Crippen molar-refractivity contribution in [3.63, 3.8) is 0 Å². The highest BCUT2D eigenvalue weighted by molar-refractivity contribution is 5.97. The maximum absolute atomic E-state index is 13.5. The van der Waals surface area contributed by atoms with Crippen molar-refractivity contribution in [2.24, 2.45) is 0 Å². The van der Waals surface area contributed by atoms with Gasteiger partial charge in [0, 0.05) is 7.05 Å². The molecule has 0 atom stereocenters. The first-order valence-corrected chi connectivity index (χ1v) is 4.56. The van der Waals surface area contributed by atoms with E-state index < -0.39 is 11.7 Å². The number of amides is 1. The molecule has 0 bridgehead atoms. The van der Waals surface area contributed by atoms with Crippen LogP contribution in [0.15, 0.2) is 18.2 Å². The van der Waals surface area contributed by atoms with Crippen LogP contribution in [0.3, 0.4) is 0 Å². The standard InChI is InChI=1S/C11H11FN2O2/c1-14(7-6-13)11(15)10-8(12)4-3-5-9(10)16-2/h3-5H,7H2,1-2H3. The minimum Gasteiger partial charge on any atom is -0.496 e. The Kier molecular flexibility index (Phi) is 3.84. The highest BCUT2D eigenvalue weighted by Crippen LogP contribution is 2.22. The monoisotopic (exact) mass is 222 g/mol. The van der Waals surface area contributed by atoms with Crippen molar-refractivity contribution in [3.8, 4) is 11.8 Å². The Hall–Kier alpha value is -2.09. The van der Waals surface area contributed by atoms with Crippen molar-refractivity contribution < 1.29 is 13.9 Å². The van der Waals surface area contributed by atoms with Gasteiger partial charge in [0.25, 0.3) is 5.91 Å². The number of benzene rings is 1. The lowest BCUT2D eigenvalue weighted by atomic mass is 10.1. The van der Waals surface area contributed by atoms with E-state index in [9.17, 15) is 9.18 Å². The predicted octanol–water partition coefficient (Wildman–Crippen LogP) is 1.43. The number of hydrogen-bond donors (Lipinski definition) is 0. The zero-order chi connectivity index (χ0) is 12.1. The van der Waals surface area contributed by atoms with Gasteiger partial charge in [-0.2, -0.15) is 5.26 Å². The predicted molar refractivity (Wildman–Crippen MR) is 55.5 cm³/mol. The fourth-order valence-corrected chi connectivity index (χ4v) is 1.25. The molecule has 0 radical (unpaired) electrons. The Morgan fingerprint density at radius 3 is 2.88 bits per heavy atom. The second kappa shape index (κ2) is 5.12. The summed E-state index contributed by atoms with van der Waals surface area (Å²) in [6, 6.07) is 5.94. The van der Waals surface area contributed by atoms with E-state index in [0.29, 0.717) is 0 Å². The van der Waals surface area contributed by atoms with Crippen LogP contribution < -0.4 is 4.74 Å². The Morgan fingerprint density at radius 2 is 2.31 bits per heavy atom. The number of methoxy groups -OCH3 is 1. The molecule has 0 aliphatic rings. The third-order valence-corrected chi connectivity index (χ3v) is 2.06.